The van der Waals surface area contributed by atoms with Crippen LogP contribution in [0.2, 0.25) is 0 Å². The lowest BCUT2D eigenvalue weighted by atomic mass is 10.0. The Kier molecular flexibility index (Phi) is 9.14. The molecule has 0 spiro atoms. The van der Waals surface area contributed by atoms with Crippen LogP contribution in [0.5, 0.6) is 11.5 Å². The number of carbonyl (C=O) groups excluding carboxylic acids is 2. The van der Waals surface area contributed by atoms with Crippen molar-refractivity contribution in [3.05, 3.63) is 52.8 Å². The lowest BCUT2D eigenvalue weighted by molar-refractivity contribution is 0.0599. The summed E-state index contributed by atoms with van der Waals surface area (Å²) in [4.78, 5) is 26.2. The van der Waals surface area contributed by atoms with E-state index >= 15 is 0 Å². The van der Waals surface area contributed by atoms with Gasteiger partial charge in [0.1, 0.15) is 5.82 Å². The Morgan fingerprint density at radius 2 is 1.82 bits per heavy atom. The Morgan fingerprint density at radius 1 is 1.12 bits per heavy atom. The maximum atomic E-state index is 13.1. The van der Waals surface area contributed by atoms with Gasteiger partial charge in [-0.25, -0.2) is 9.18 Å². The second-order valence-corrected chi connectivity index (χ2v) is 6.64. The number of anilines is 1. The SMILES string of the molecule is CC#Cc1c(C(=O)OC)cc(OCCCN(C#CC)C(=O)c2ccc(F)cc2)c(OC)c1N. The summed E-state index contributed by atoms with van der Waals surface area (Å²) in [5.74, 6) is 7.31. The first-order valence-electron chi connectivity index (χ1n) is 10.0. The summed E-state index contributed by atoms with van der Waals surface area (Å²) in [7, 11) is 2.69. The minimum absolute atomic E-state index is 0.158. The highest BCUT2D eigenvalue weighted by Gasteiger charge is 2.22. The fourth-order valence-electron chi connectivity index (χ4n) is 3.00. The molecule has 0 fully saturated rings. The van der Waals surface area contributed by atoms with Crippen molar-refractivity contribution in [3.8, 4) is 35.3 Å². The quantitative estimate of drug-likeness (QED) is 0.217. The first-order chi connectivity index (χ1) is 15.9. The minimum atomic E-state index is -0.610. The molecule has 172 valence electrons. The molecule has 0 atom stereocenters. The summed E-state index contributed by atoms with van der Waals surface area (Å²) < 4.78 is 29.1. The molecule has 2 rings (SSSR count). The number of methoxy groups -OCH3 is 2. The molecule has 1 amide bonds. The maximum absolute atomic E-state index is 13.1. The van der Waals surface area contributed by atoms with Crippen LogP contribution in [0.15, 0.2) is 30.3 Å². The second-order valence-electron chi connectivity index (χ2n) is 6.64. The Bertz CT molecular complexity index is 1140. The highest BCUT2D eigenvalue weighted by Crippen LogP contribution is 2.38. The number of hydrogen-bond acceptors (Lipinski definition) is 6. The van der Waals surface area contributed by atoms with Crippen molar-refractivity contribution in [2.45, 2.75) is 20.3 Å². The molecule has 0 aromatic heterocycles. The van der Waals surface area contributed by atoms with E-state index in [1.165, 1.54) is 49.5 Å². The first-order valence-corrected chi connectivity index (χ1v) is 10.0. The number of nitrogens with zero attached hydrogens (tertiary/aromatic N) is 1. The van der Waals surface area contributed by atoms with Crippen LogP contribution < -0.4 is 15.2 Å². The molecule has 7 nitrogen and oxygen atoms in total. The summed E-state index contributed by atoms with van der Waals surface area (Å²) in [6.07, 6.45) is 0.411. The number of benzene rings is 2. The van der Waals surface area contributed by atoms with Crippen LogP contribution in [0.25, 0.3) is 0 Å². The van der Waals surface area contributed by atoms with Gasteiger partial charge >= 0.3 is 5.97 Å². The van der Waals surface area contributed by atoms with Gasteiger partial charge in [0.2, 0.25) is 0 Å². The molecule has 0 aliphatic rings. The number of amides is 1. The third-order valence-electron chi connectivity index (χ3n) is 4.51. The molecular weight excluding hydrogens is 427 g/mol. The molecule has 0 aliphatic heterocycles. The number of rotatable bonds is 8. The van der Waals surface area contributed by atoms with Crippen LogP contribution >= 0.6 is 0 Å². The van der Waals surface area contributed by atoms with Crippen molar-refractivity contribution in [2.24, 2.45) is 0 Å². The average molecular weight is 452 g/mol. The largest absolute Gasteiger partial charge is 0.491 e. The van der Waals surface area contributed by atoms with Crippen LogP contribution in [0.1, 0.15) is 46.5 Å². The van der Waals surface area contributed by atoms with Crippen LogP contribution in [-0.2, 0) is 4.74 Å². The van der Waals surface area contributed by atoms with Gasteiger partial charge in [-0.15, -0.1) is 5.92 Å². The summed E-state index contributed by atoms with van der Waals surface area (Å²) in [5, 5.41) is 0. The molecule has 2 aromatic carbocycles. The van der Waals surface area contributed by atoms with Crippen molar-refractivity contribution < 1.29 is 28.2 Å². The Labute approximate surface area is 192 Å². The van der Waals surface area contributed by atoms with E-state index in [-0.39, 0.29) is 41.8 Å². The minimum Gasteiger partial charge on any atom is -0.491 e. The Hall–Kier alpha value is -4.17. The third-order valence-corrected chi connectivity index (χ3v) is 4.51. The fraction of sp³-hybridized carbons (Fsp3) is 0.280. The van der Waals surface area contributed by atoms with Crippen molar-refractivity contribution in [1.82, 2.24) is 4.90 Å². The summed E-state index contributed by atoms with van der Waals surface area (Å²) in [5.41, 5.74) is 7.11. The van der Waals surface area contributed by atoms with Gasteiger partial charge in [0.25, 0.3) is 5.91 Å². The van der Waals surface area contributed by atoms with Crippen LogP contribution in [-0.4, -0.2) is 44.1 Å². The molecule has 0 saturated heterocycles. The molecule has 0 saturated carbocycles. The van der Waals surface area contributed by atoms with Crippen molar-refractivity contribution in [3.63, 3.8) is 0 Å². The van der Waals surface area contributed by atoms with Crippen LogP contribution in [0, 0.1) is 29.6 Å². The highest BCUT2D eigenvalue weighted by molar-refractivity contribution is 5.96. The molecule has 0 aliphatic carbocycles. The number of hydrogen-bond donors (Lipinski definition) is 1. The van der Waals surface area contributed by atoms with E-state index < -0.39 is 11.8 Å². The monoisotopic (exact) mass is 452 g/mol. The van der Waals surface area contributed by atoms with Gasteiger partial charge in [0, 0.05) is 24.6 Å². The summed E-state index contributed by atoms with van der Waals surface area (Å²) in [6, 6.07) is 9.45. The number of carbonyl (C=O) groups is 2. The van der Waals surface area contributed by atoms with Gasteiger partial charge in [0.15, 0.2) is 11.5 Å². The van der Waals surface area contributed by atoms with Crippen molar-refractivity contribution in [1.29, 1.82) is 0 Å². The molecule has 8 heteroatoms. The van der Waals surface area contributed by atoms with Crippen LogP contribution in [0.4, 0.5) is 10.1 Å². The summed E-state index contributed by atoms with van der Waals surface area (Å²) in [6.45, 7) is 3.67. The van der Waals surface area contributed by atoms with Gasteiger partial charge in [-0.05, 0) is 44.2 Å². The average Bonchev–Trinajstić information content (AvgIpc) is 2.82. The predicted octanol–water partition coefficient (Wildman–Crippen LogP) is 3.47. The van der Waals surface area contributed by atoms with E-state index in [2.05, 4.69) is 23.8 Å². The standard InChI is InChI=1S/C25H25FN2O5/c1-5-8-19-20(25(30)32-4)16-21(23(31-3)22(19)27)33-15-7-14-28(13-6-2)24(29)17-9-11-18(26)12-10-17/h9-12,16H,7,14-15,27H2,1-4H3. The normalized spacial score (nSPS) is 9.61. The second kappa shape index (κ2) is 12.0. The maximum Gasteiger partial charge on any atom is 0.339 e. The first kappa shape index (κ1) is 25.1. The molecule has 0 bridgehead atoms. The number of nitrogen functional groups attached to an aromatic ring is 1. The van der Waals surface area contributed by atoms with E-state index in [1.807, 2.05) is 0 Å². The lowest BCUT2D eigenvalue weighted by Gasteiger charge is -2.18. The molecule has 2 N–H and O–H groups in total. The number of ether oxygens (including phenoxy) is 3. The number of nitrogens with two attached hydrogens (primary N) is 1. The lowest BCUT2D eigenvalue weighted by Crippen LogP contribution is -2.28. The number of esters is 1. The zero-order chi connectivity index (χ0) is 24.4. The highest BCUT2D eigenvalue weighted by atomic mass is 19.1. The molecule has 0 unspecified atom stereocenters. The zero-order valence-electron chi connectivity index (χ0n) is 19.0. The van der Waals surface area contributed by atoms with Crippen LogP contribution in [0.3, 0.4) is 0 Å². The van der Waals surface area contributed by atoms with Gasteiger partial charge in [0.05, 0.1) is 37.6 Å². The Morgan fingerprint density at radius 3 is 2.39 bits per heavy atom. The number of halogens is 1. The van der Waals surface area contributed by atoms with E-state index in [4.69, 9.17) is 19.9 Å². The molecule has 0 radical (unpaired) electrons. The molecule has 0 heterocycles. The molecular formula is C25H25FN2O5. The predicted molar refractivity (Wildman–Crippen MR) is 122 cm³/mol. The van der Waals surface area contributed by atoms with E-state index in [9.17, 15) is 14.0 Å². The topological polar surface area (TPSA) is 91.1 Å². The van der Waals surface area contributed by atoms with E-state index in [0.717, 1.165) is 0 Å². The fourth-order valence-corrected chi connectivity index (χ4v) is 3.00. The van der Waals surface area contributed by atoms with Gasteiger partial charge in [-0.1, -0.05) is 11.8 Å². The smallest absolute Gasteiger partial charge is 0.339 e. The Balaban J connectivity index is 2.17. The van der Waals surface area contributed by atoms with Gasteiger partial charge < -0.3 is 19.9 Å². The molecule has 2 aromatic rings. The van der Waals surface area contributed by atoms with Gasteiger partial charge in [-0.3, -0.25) is 9.69 Å². The third kappa shape index (κ3) is 6.18. The van der Waals surface area contributed by atoms with Crippen molar-refractivity contribution in [2.75, 3.05) is 33.1 Å². The van der Waals surface area contributed by atoms with E-state index in [0.29, 0.717) is 17.5 Å². The van der Waals surface area contributed by atoms with Gasteiger partial charge in [-0.2, -0.15) is 0 Å². The van der Waals surface area contributed by atoms with E-state index in [1.54, 1.807) is 13.8 Å². The molecule has 33 heavy (non-hydrogen) atoms. The van der Waals surface area contributed by atoms with Crippen molar-refractivity contribution >= 4 is 17.6 Å². The summed E-state index contributed by atoms with van der Waals surface area (Å²) >= 11 is 0. The zero-order valence-corrected chi connectivity index (χ0v) is 19.0.